The molecule has 1 aromatic heterocycles. The van der Waals surface area contributed by atoms with Crippen molar-refractivity contribution >= 4 is 11.8 Å². The first kappa shape index (κ1) is 13.0. The molecule has 18 heavy (non-hydrogen) atoms. The van der Waals surface area contributed by atoms with Gasteiger partial charge in [0.1, 0.15) is 16.7 Å². The van der Waals surface area contributed by atoms with Gasteiger partial charge in [-0.15, -0.1) is 0 Å². The topological polar surface area (TPSA) is 33.1 Å². The molecular formula is C13H11F2NOS. The monoisotopic (exact) mass is 267 g/mol. The summed E-state index contributed by atoms with van der Waals surface area (Å²) in [5.41, 5.74) is 0.680. The minimum Gasteiger partial charge on any atom is -0.389 e. The lowest BCUT2D eigenvalue weighted by molar-refractivity contribution is 0.198. The molecule has 2 rings (SSSR count). The highest BCUT2D eigenvalue weighted by Crippen LogP contribution is 2.29. The third-order valence-electron chi connectivity index (χ3n) is 2.35. The zero-order valence-electron chi connectivity index (χ0n) is 9.60. The Labute approximate surface area is 108 Å². The van der Waals surface area contributed by atoms with Gasteiger partial charge in [-0.3, -0.25) is 0 Å². The van der Waals surface area contributed by atoms with E-state index in [4.69, 9.17) is 0 Å². The normalized spacial score (nSPS) is 12.4. The molecule has 0 aliphatic carbocycles. The van der Waals surface area contributed by atoms with Gasteiger partial charge in [0.25, 0.3) is 0 Å². The van der Waals surface area contributed by atoms with E-state index in [9.17, 15) is 13.9 Å². The predicted octanol–water partition coefficient (Wildman–Crippen LogP) is 3.56. The second kappa shape index (κ2) is 5.46. The standard InChI is InChI=1S/C13H11F2NOS/c1-8(17)9-2-5-13(16-7-9)18-12-6-10(14)3-4-11(12)15/h2-8,17H,1H3/t8-/m1/s1. The molecule has 2 nitrogen and oxygen atoms in total. The molecule has 1 aromatic carbocycles. The number of benzene rings is 1. The van der Waals surface area contributed by atoms with Crippen LogP contribution in [0.2, 0.25) is 0 Å². The van der Waals surface area contributed by atoms with E-state index in [1.165, 1.54) is 6.20 Å². The highest BCUT2D eigenvalue weighted by molar-refractivity contribution is 7.99. The van der Waals surface area contributed by atoms with Crippen molar-refractivity contribution in [1.82, 2.24) is 4.98 Å². The average Bonchev–Trinajstić information content (AvgIpc) is 2.34. The number of hydrogen-bond donors (Lipinski definition) is 1. The van der Waals surface area contributed by atoms with Crippen molar-refractivity contribution in [3.8, 4) is 0 Å². The summed E-state index contributed by atoms with van der Waals surface area (Å²) in [6, 6.07) is 6.66. The van der Waals surface area contributed by atoms with Gasteiger partial charge in [0.05, 0.1) is 11.0 Å². The number of aromatic nitrogens is 1. The van der Waals surface area contributed by atoms with Gasteiger partial charge in [-0.25, -0.2) is 13.8 Å². The van der Waals surface area contributed by atoms with Crippen LogP contribution in [0.25, 0.3) is 0 Å². The van der Waals surface area contributed by atoms with E-state index < -0.39 is 17.7 Å². The third-order valence-corrected chi connectivity index (χ3v) is 3.33. The van der Waals surface area contributed by atoms with E-state index in [1.807, 2.05) is 0 Å². The number of aliphatic hydroxyl groups is 1. The molecule has 1 atom stereocenters. The second-order valence-electron chi connectivity index (χ2n) is 3.78. The summed E-state index contributed by atoms with van der Waals surface area (Å²) >= 11 is 1.04. The van der Waals surface area contributed by atoms with Crippen LogP contribution in [0.1, 0.15) is 18.6 Å². The molecular weight excluding hydrogens is 256 g/mol. The lowest BCUT2D eigenvalue weighted by Crippen LogP contribution is -1.92. The minimum atomic E-state index is -0.595. The van der Waals surface area contributed by atoms with Crippen molar-refractivity contribution in [3.05, 3.63) is 53.7 Å². The largest absolute Gasteiger partial charge is 0.389 e. The highest BCUT2D eigenvalue weighted by atomic mass is 32.2. The lowest BCUT2D eigenvalue weighted by atomic mass is 10.2. The van der Waals surface area contributed by atoms with Crippen LogP contribution in [-0.2, 0) is 0 Å². The Morgan fingerprint density at radius 3 is 2.61 bits per heavy atom. The maximum absolute atomic E-state index is 13.4. The Kier molecular flexibility index (Phi) is 3.93. The summed E-state index contributed by atoms with van der Waals surface area (Å²) in [6.07, 6.45) is 0.923. The predicted molar refractivity (Wildman–Crippen MR) is 65.4 cm³/mol. The third kappa shape index (κ3) is 3.05. The van der Waals surface area contributed by atoms with Crippen molar-refractivity contribution in [2.75, 3.05) is 0 Å². The van der Waals surface area contributed by atoms with Crippen molar-refractivity contribution in [1.29, 1.82) is 0 Å². The molecule has 5 heteroatoms. The number of nitrogens with zero attached hydrogens (tertiary/aromatic N) is 1. The summed E-state index contributed by atoms with van der Waals surface area (Å²) in [5.74, 6) is -0.970. The SMILES string of the molecule is C[C@@H](O)c1ccc(Sc2cc(F)ccc2F)nc1. The zero-order valence-corrected chi connectivity index (χ0v) is 10.4. The quantitative estimate of drug-likeness (QED) is 0.923. The first-order valence-electron chi connectivity index (χ1n) is 5.33. The zero-order chi connectivity index (χ0) is 13.1. The second-order valence-corrected chi connectivity index (χ2v) is 4.84. The van der Waals surface area contributed by atoms with Crippen LogP contribution in [0.4, 0.5) is 8.78 Å². The smallest absolute Gasteiger partial charge is 0.137 e. The maximum atomic E-state index is 13.4. The molecule has 0 radical (unpaired) electrons. The molecule has 0 fully saturated rings. The summed E-state index contributed by atoms with van der Waals surface area (Å²) < 4.78 is 26.4. The molecule has 94 valence electrons. The van der Waals surface area contributed by atoms with E-state index in [0.29, 0.717) is 10.6 Å². The van der Waals surface area contributed by atoms with Crippen LogP contribution in [0.3, 0.4) is 0 Å². The molecule has 0 spiro atoms. The van der Waals surface area contributed by atoms with E-state index in [1.54, 1.807) is 19.1 Å². The first-order chi connectivity index (χ1) is 8.56. The van der Waals surface area contributed by atoms with Crippen LogP contribution in [0.15, 0.2) is 46.5 Å². The summed E-state index contributed by atoms with van der Waals surface area (Å²) in [6.45, 7) is 1.63. The first-order valence-corrected chi connectivity index (χ1v) is 6.15. The summed E-state index contributed by atoms with van der Waals surface area (Å²) in [5, 5.41) is 9.87. The molecule has 2 aromatic rings. The Hall–Kier alpha value is -1.46. The van der Waals surface area contributed by atoms with Gasteiger partial charge in [-0.2, -0.15) is 0 Å². The van der Waals surface area contributed by atoms with Gasteiger partial charge in [0.15, 0.2) is 0 Å². The minimum absolute atomic E-state index is 0.187. The molecule has 0 amide bonds. The number of hydrogen-bond acceptors (Lipinski definition) is 3. The van der Waals surface area contributed by atoms with E-state index in [2.05, 4.69) is 4.98 Å². The fraction of sp³-hybridized carbons (Fsp3) is 0.154. The van der Waals surface area contributed by atoms with Gasteiger partial charge in [-0.05, 0) is 36.8 Å². The molecule has 1 N–H and O–H groups in total. The molecule has 0 unspecified atom stereocenters. The molecule has 0 aliphatic heterocycles. The number of rotatable bonds is 3. The fourth-order valence-electron chi connectivity index (χ4n) is 1.37. The fourth-order valence-corrected chi connectivity index (χ4v) is 2.17. The summed E-state index contributed by atoms with van der Waals surface area (Å²) in [7, 11) is 0. The van der Waals surface area contributed by atoms with E-state index in [0.717, 1.165) is 30.0 Å². The molecule has 1 heterocycles. The van der Waals surface area contributed by atoms with Crippen molar-refractivity contribution < 1.29 is 13.9 Å². The molecule has 0 saturated heterocycles. The summed E-state index contributed by atoms with van der Waals surface area (Å²) in [4.78, 5) is 4.27. The van der Waals surface area contributed by atoms with Crippen LogP contribution in [0.5, 0.6) is 0 Å². The Balaban J connectivity index is 2.21. The number of halogens is 2. The van der Waals surface area contributed by atoms with Crippen molar-refractivity contribution in [2.24, 2.45) is 0 Å². The Morgan fingerprint density at radius 1 is 1.22 bits per heavy atom. The van der Waals surface area contributed by atoms with E-state index in [-0.39, 0.29) is 4.90 Å². The van der Waals surface area contributed by atoms with E-state index >= 15 is 0 Å². The average molecular weight is 267 g/mol. The van der Waals surface area contributed by atoms with Gasteiger partial charge in [-0.1, -0.05) is 17.8 Å². The number of aliphatic hydroxyl groups excluding tert-OH is 1. The Morgan fingerprint density at radius 2 is 2.00 bits per heavy atom. The van der Waals surface area contributed by atoms with Crippen LogP contribution in [-0.4, -0.2) is 10.1 Å². The Bertz CT molecular complexity index is 543. The van der Waals surface area contributed by atoms with Gasteiger partial charge in [0.2, 0.25) is 0 Å². The van der Waals surface area contributed by atoms with Gasteiger partial charge in [0, 0.05) is 6.20 Å². The molecule has 0 aliphatic rings. The van der Waals surface area contributed by atoms with Crippen molar-refractivity contribution in [2.45, 2.75) is 22.9 Å². The van der Waals surface area contributed by atoms with Crippen molar-refractivity contribution in [3.63, 3.8) is 0 Å². The van der Waals surface area contributed by atoms with Crippen LogP contribution < -0.4 is 0 Å². The van der Waals surface area contributed by atoms with Crippen LogP contribution in [0, 0.1) is 11.6 Å². The molecule has 0 saturated carbocycles. The lowest BCUT2D eigenvalue weighted by Gasteiger charge is -2.06. The number of pyridine rings is 1. The maximum Gasteiger partial charge on any atom is 0.137 e. The van der Waals surface area contributed by atoms with Crippen LogP contribution >= 0.6 is 11.8 Å². The van der Waals surface area contributed by atoms with Gasteiger partial charge < -0.3 is 5.11 Å². The van der Waals surface area contributed by atoms with Gasteiger partial charge >= 0.3 is 0 Å². The highest BCUT2D eigenvalue weighted by Gasteiger charge is 2.07. The molecule has 0 bridgehead atoms.